The Morgan fingerprint density at radius 2 is 2.39 bits per heavy atom. The van der Waals surface area contributed by atoms with Crippen LogP contribution in [-0.4, -0.2) is 35.0 Å². The minimum Gasteiger partial charge on any atom is -0.337 e. The van der Waals surface area contributed by atoms with Crippen molar-refractivity contribution in [3.8, 4) is 0 Å². The first-order chi connectivity index (χ1) is 8.75. The smallest absolute Gasteiger partial charge is 0.240 e. The van der Waals surface area contributed by atoms with E-state index in [4.69, 9.17) is 0 Å². The molecule has 18 heavy (non-hydrogen) atoms. The van der Waals surface area contributed by atoms with E-state index in [1.807, 2.05) is 11.0 Å². The number of thioether (sulfide) groups is 1. The maximum atomic E-state index is 12.3. The fourth-order valence-electron chi connectivity index (χ4n) is 2.53. The van der Waals surface area contributed by atoms with E-state index >= 15 is 0 Å². The summed E-state index contributed by atoms with van der Waals surface area (Å²) >= 11 is 5.38. The molecule has 1 atom stereocenters. The lowest BCUT2D eigenvalue weighted by atomic mass is 9.99. The van der Waals surface area contributed by atoms with Crippen LogP contribution in [0.25, 0.3) is 0 Å². The van der Waals surface area contributed by atoms with Crippen LogP contribution in [0.1, 0.15) is 11.1 Å². The number of hydrogen-bond acceptors (Lipinski definition) is 3. The standard InChI is InChI=1S/C13H15BrN2OS/c14-11-3-1-2-9-6-16(5-4-10(9)11)13(17)12-7-18-8-15-12/h1-3,12,15H,4-8H2/t12-/m0/s1. The van der Waals surface area contributed by atoms with Crippen molar-refractivity contribution in [2.45, 2.75) is 19.0 Å². The SMILES string of the molecule is O=C([C@@H]1CSCN1)N1CCc2c(Br)cccc2C1. The molecule has 5 heteroatoms. The van der Waals surface area contributed by atoms with Crippen LogP contribution in [0, 0.1) is 0 Å². The molecule has 0 radical (unpaired) electrons. The van der Waals surface area contributed by atoms with Gasteiger partial charge in [-0.05, 0) is 23.6 Å². The van der Waals surface area contributed by atoms with Crippen LogP contribution in [0.2, 0.25) is 0 Å². The van der Waals surface area contributed by atoms with Crippen LogP contribution in [-0.2, 0) is 17.8 Å². The van der Waals surface area contributed by atoms with E-state index < -0.39 is 0 Å². The maximum Gasteiger partial charge on any atom is 0.240 e. The van der Waals surface area contributed by atoms with Crippen LogP contribution in [0.5, 0.6) is 0 Å². The van der Waals surface area contributed by atoms with Crippen LogP contribution in [0.3, 0.4) is 0 Å². The quantitative estimate of drug-likeness (QED) is 0.856. The van der Waals surface area contributed by atoms with Gasteiger partial charge in [0.1, 0.15) is 0 Å². The second kappa shape index (κ2) is 5.23. The molecule has 1 N–H and O–H groups in total. The van der Waals surface area contributed by atoms with Crippen molar-refractivity contribution in [3.63, 3.8) is 0 Å². The second-order valence-electron chi connectivity index (χ2n) is 4.66. The molecular formula is C13H15BrN2OS. The average Bonchev–Trinajstić information content (AvgIpc) is 2.91. The van der Waals surface area contributed by atoms with Crippen LogP contribution in [0.15, 0.2) is 22.7 Å². The summed E-state index contributed by atoms with van der Waals surface area (Å²) in [4.78, 5) is 14.3. The molecule has 1 saturated heterocycles. The Hall–Kier alpha value is -0.520. The maximum absolute atomic E-state index is 12.3. The normalized spacial score (nSPS) is 22.9. The number of rotatable bonds is 1. The molecule has 0 saturated carbocycles. The number of carbonyl (C=O) groups excluding carboxylic acids is 1. The summed E-state index contributed by atoms with van der Waals surface area (Å²) < 4.78 is 1.17. The van der Waals surface area contributed by atoms with E-state index in [1.165, 1.54) is 15.6 Å². The summed E-state index contributed by atoms with van der Waals surface area (Å²) in [6, 6.07) is 6.26. The molecule has 2 aliphatic heterocycles. The molecule has 2 heterocycles. The third-order valence-electron chi connectivity index (χ3n) is 3.53. The molecule has 0 aliphatic carbocycles. The first-order valence-corrected chi connectivity index (χ1v) is 8.06. The molecule has 3 nitrogen and oxygen atoms in total. The minimum atomic E-state index is 0.0173. The number of nitrogens with one attached hydrogen (secondary N) is 1. The molecule has 0 bridgehead atoms. The average molecular weight is 327 g/mol. The van der Waals surface area contributed by atoms with Crippen molar-refractivity contribution in [2.75, 3.05) is 18.2 Å². The highest BCUT2D eigenvalue weighted by atomic mass is 79.9. The lowest BCUT2D eigenvalue weighted by Crippen LogP contribution is -2.46. The number of fused-ring (bicyclic) bond motifs is 1. The fourth-order valence-corrected chi connectivity index (χ4v) is 4.06. The molecule has 96 valence electrons. The highest BCUT2D eigenvalue weighted by Crippen LogP contribution is 2.27. The van der Waals surface area contributed by atoms with Crippen molar-refractivity contribution in [1.82, 2.24) is 10.2 Å². The Morgan fingerprint density at radius 3 is 3.17 bits per heavy atom. The molecule has 1 aromatic rings. The molecular weight excluding hydrogens is 312 g/mol. The molecule has 1 amide bonds. The van der Waals surface area contributed by atoms with Gasteiger partial charge in [0.15, 0.2) is 0 Å². The zero-order valence-corrected chi connectivity index (χ0v) is 12.4. The first kappa shape index (κ1) is 12.5. The summed E-state index contributed by atoms with van der Waals surface area (Å²) in [6.45, 7) is 1.58. The van der Waals surface area contributed by atoms with Gasteiger partial charge in [-0.1, -0.05) is 28.1 Å². The molecule has 1 fully saturated rings. The second-order valence-corrected chi connectivity index (χ2v) is 6.54. The first-order valence-electron chi connectivity index (χ1n) is 6.12. The number of hydrogen-bond donors (Lipinski definition) is 1. The molecule has 0 aromatic heterocycles. The summed E-state index contributed by atoms with van der Waals surface area (Å²) in [7, 11) is 0. The lowest BCUT2D eigenvalue weighted by molar-refractivity contribution is -0.133. The van der Waals surface area contributed by atoms with Crippen molar-refractivity contribution >= 4 is 33.6 Å². The Morgan fingerprint density at radius 1 is 1.50 bits per heavy atom. The summed E-state index contributed by atoms with van der Waals surface area (Å²) in [6.07, 6.45) is 0.947. The van der Waals surface area contributed by atoms with Crippen LogP contribution >= 0.6 is 27.7 Å². The van der Waals surface area contributed by atoms with E-state index in [2.05, 4.69) is 33.4 Å². The zero-order chi connectivity index (χ0) is 12.5. The van der Waals surface area contributed by atoms with Gasteiger partial charge in [-0.3, -0.25) is 10.1 Å². The number of halogens is 1. The number of benzene rings is 1. The van der Waals surface area contributed by atoms with Crippen LogP contribution < -0.4 is 5.32 Å². The summed E-state index contributed by atoms with van der Waals surface area (Å²) in [5.41, 5.74) is 2.63. The molecule has 2 aliphatic rings. The van der Waals surface area contributed by atoms with Crippen molar-refractivity contribution in [1.29, 1.82) is 0 Å². The van der Waals surface area contributed by atoms with Crippen LogP contribution in [0.4, 0.5) is 0 Å². The third kappa shape index (κ3) is 2.31. The van der Waals surface area contributed by atoms with E-state index in [-0.39, 0.29) is 11.9 Å². The monoisotopic (exact) mass is 326 g/mol. The van der Waals surface area contributed by atoms with E-state index in [0.717, 1.165) is 31.1 Å². The van der Waals surface area contributed by atoms with Gasteiger partial charge in [0.25, 0.3) is 0 Å². The van der Waals surface area contributed by atoms with Gasteiger partial charge >= 0.3 is 0 Å². The highest BCUT2D eigenvalue weighted by Gasteiger charge is 2.29. The van der Waals surface area contributed by atoms with Gasteiger partial charge in [0.05, 0.1) is 6.04 Å². The van der Waals surface area contributed by atoms with Crippen molar-refractivity contribution in [2.24, 2.45) is 0 Å². The predicted octanol–water partition coefficient (Wildman–Crippen LogP) is 2.00. The minimum absolute atomic E-state index is 0.0173. The molecule has 1 aromatic carbocycles. The molecule has 3 rings (SSSR count). The number of nitrogens with zero attached hydrogens (tertiary/aromatic N) is 1. The van der Waals surface area contributed by atoms with Crippen molar-refractivity contribution < 1.29 is 4.79 Å². The van der Waals surface area contributed by atoms with E-state index in [9.17, 15) is 4.79 Å². The largest absolute Gasteiger partial charge is 0.337 e. The third-order valence-corrected chi connectivity index (χ3v) is 5.22. The fraction of sp³-hybridized carbons (Fsp3) is 0.462. The van der Waals surface area contributed by atoms with E-state index in [1.54, 1.807) is 11.8 Å². The lowest BCUT2D eigenvalue weighted by Gasteiger charge is -2.31. The van der Waals surface area contributed by atoms with E-state index in [0.29, 0.717) is 0 Å². The van der Waals surface area contributed by atoms with Gasteiger partial charge in [0, 0.05) is 29.2 Å². The van der Waals surface area contributed by atoms with Crippen molar-refractivity contribution in [3.05, 3.63) is 33.8 Å². The van der Waals surface area contributed by atoms with Gasteiger partial charge < -0.3 is 4.90 Å². The Kier molecular flexibility index (Phi) is 3.63. The highest BCUT2D eigenvalue weighted by molar-refractivity contribution is 9.10. The topological polar surface area (TPSA) is 32.3 Å². The van der Waals surface area contributed by atoms with Gasteiger partial charge in [-0.25, -0.2) is 0 Å². The van der Waals surface area contributed by atoms with Gasteiger partial charge in [-0.2, -0.15) is 0 Å². The molecule has 0 spiro atoms. The zero-order valence-electron chi connectivity index (χ0n) is 9.99. The Balaban J connectivity index is 1.76. The molecule has 0 unspecified atom stereocenters. The Labute approximate surface area is 119 Å². The Bertz CT molecular complexity index is 474. The predicted molar refractivity (Wildman–Crippen MR) is 77.5 cm³/mol. The van der Waals surface area contributed by atoms with Gasteiger partial charge in [0.2, 0.25) is 5.91 Å². The van der Waals surface area contributed by atoms with Gasteiger partial charge in [-0.15, -0.1) is 11.8 Å². The number of amides is 1. The summed E-state index contributed by atoms with van der Waals surface area (Å²) in [5, 5.41) is 3.25. The summed E-state index contributed by atoms with van der Waals surface area (Å²) in [5.74, 6) is 2.05. The number of carbonyl (C=O) groups is 1.